The monoisotopic (exact) mass is 321 g/mol. The van der Waals surface area contributed by atoms with Crippen molar-refractivity contribution in [2.75, 3.05) is 26.2 Å². The van der Waals surface area contributed by atoms with Gasteiger partial charge in [0.05, 0.1) is 0 Å². The molecule has 0 aromatic rings. The second-order valence-electron chi connectivity index (χ2n) is 3.87. The zero-order valence-electron chi connectivity index (χ0n) is 8.32. The molecule has 2 fully saturated rings. The Labute approximate surface area is 104 Å². The van der Waals surface area contributed by atoms with Gasteiger partial charge < -0.3 is 0 Å². The lowest BCUT2D eigenvalue weighted by Gasteiger charge is -2.29. The fourth-order valence-corrected chi connectivity index (χ4v) is 14.1. The van der Waals surface area contributed by atoms with Crippen LogP contribution < -0.4 is 11.0 Å². The highest BCUT2D eigenvalue weighted by molar-refractivity contribution is 8.13. The number of nitrogens with two attached hydrogens (primary N) is 2. The third-order valence-corrected chi connectivity index (χ3v) is 13.0. The maximum Gasteiger partial charge on any atom is 0.257 e. The number of rotatable bonds is 2. The van der Waals surface area contributed by atoms with E-state index in [2.05, 4.69) is 22.9 Å². The molecular weight excluding hydrogens is 310 g/mol. The molecule has 3 heterocycles. The molecule has 12 heteroatoms. The second kappa shape index (κ2) is 3.57. The van der Waals surface area contributed by atoms with E-state index in [0.29, 0.717) is 0 Å². The van der Waals surface area contributed by atoms with Crippen molar-refractivity contribution in [3.05, 3.63) is 0 Å². The Morgan fingerprint density at radius 2 is 1.38 bits per heavy atom. The van der Waals surface area contributed by atoms with E-state index in [4.69, 9.17) is 33.5 Å². The molecule has 2 saturated heterocycles. The van der Waals surface area contributed by atoms with Crippen LogP contribution in [0, 0.1) is 0 Å². The SMILES string of the molecule is NP1(N)=NP(N2CC2)(N2CC2)=NP(Cl)(Cl)=N1. The summed E-state index contributed by atoms with van der Waals surface area (Å²) < 4.78 is 17.4. The molecule has 0 saturated carbocycles. The molecule has 0 aromatic heterocycles. The third kappa shape index (κ3) is 2.18. The molecule has 0 atom stereocenters. The number of halogens is 2. The predicted octanol–water partition coefficient (Wildman–Crippen LogP) is 2.86. The molecule has 0 amide bonds. The molecule has 0 radical (unpaired) electrons. The van der Waals surface area contributed by atoms with Crippen molar-refractivity contribution in [1.29, 1.82) is 0 Å². The van der Waals surface area contributed by atoms with Gasteiger partial charge in [-0.1, -0.05) is 0 Å². The minimum atomic E-state index is -2.74. The van der Waals surface area contributed by atoms with Crippen LogP contribution in [0.5, 0.6) is 0 Å². The van der Waals surface area contributed by atoms with Gasteiger partial charge in [0.2, 0.25) is 15.0 Å². The first-order valence-corrected chi connectivity index (χ1v) is 11.7. The van der Waals surface area contributed by atoms with Gasteiger partial charge >= 0.3 is 0 Å². The fraction of sp³-hybridized carbons (Fsp3) is 1.00. The highest BCUT2D eigenvalue weighted by Crippen LogP contribution is 2.82. The summed E-state index contributed by atoms with van der Waals surface area (Å²) in [6.07, 6.45) is 0. The molecule has 16 heavy (non-hydrogen) atoms. The van der Waals surface area contributed by atoms with E-state index >= 15 is 0 Å². The highest BCUT2D eigenvalue weighted by atomic mass is 35.9. The van der Waals surface area contributed by atoms with Crippen LogP contribution in [0.2, 0.25) is 0 Å². The summed E-state index contributed by atoms with van der Waals surface area (Å²) in [6.45, 7) is 3.85. The first-order chi connectivity index (χ1) is 7.33. The summed E-state index contributed by atoms with van der Waals surface area (Å²) >= 11 is 12.2. The maximum atomic E-state index is 6.11. The van der Waals surface area contributed by atoms with Crippen molar-refractivity contribution in [3.63, 3.8) is 0 Å². The van der Waals surface area contributed by atoms with E-state index in [1.165, 1.54) is 0 Å². The molecule has 0 aliphatic carbocycles. The summed E-state index contributed by atoms with van der Waals surface area (Å²) in [5.41, 5.74) is 11.8. The van der Waals surface area contributed by atoms with Gasteiger partial charge in [-0.3, -0.25) is 11.0 Å². The molecule has 0 spiro atoms. The van der Waals surface area contributed by atoms with Gasteiger partial charge in [0, 0.05) is 26.2 Å². The fourth-order valence-electron chi connectivity index (χ4n) is 1.59. The van der Waals surface area contributed by atoms with Gasteiger partial charge in [-0.05, 0) is 22.5 Å². The lowest BCUT2D eigenvalue weighted by molar-refractivity contribution is 0.778. The van der Waals surface area contributed by atoms with Gasteiger partial charge in [0.25, 0.3) is 5.91 Å². The van der Waals surface area contributed by atoms with Crippen LogP contribution in [-0.2, 0) is 0 Å². The van der Waals surface area contributed by atoms with Gasteiger partial charge in [0.15, 0.2) is 0 Å². The van der Waals surface area contributed by atoms with Gasteiger partial charge in [-0.2, -0.15) is 13.5 Å². The van der Waals surface area contributed by atoms with Gasteiger partial charge in [-0.25, -0.2) is 9.34 Å². The van der Waals surface area contributed by atoms with Crippen LogP contribution in [-0.4, -0.2) is 35.5 Å². The first kappa shape index (κ1) is 12.2. The summed E-state index contributed by atoms with van der Waals surface area (Å²) in [5, 5.41) is 0. The standard InChI is InChI=1S/C4H12Cl2N7P3/c5-14(6)9-15(7,8)11-16(10-14,12-1-2-12)13-3-4-13/h1-4,7-8H2. The van der Waals surface area contributed by atoms with E-state index < -0.39 is 20.9 Å². The zero-order chi connectivity index (χ0) is 11.6. The minimum absolute atomic E-state index is 0.963. The molecule has 0 unspecified atom stereocenters. The van der Waals surface area contributed by atoms with E-state index in [-0.39, 0.29) is 0 Å². The molecule has 4 N–H and O–H groups in total. The Bertz CT molecular complexity index is 470. The first-order valence-electron chi connectivity index (χ1n) is 4.72. The number of hydrogen-bond acceptors (Lipinski definition) is 7. The Balaban J connectivity index is 2.23. The smallest absolute Gasteiger partial charge is 0.257 e. The molecule has 7 nitrogen and oxygen atoms in total. The highest BCUT2D eigenvalue weighted by Gasteiger charge is 2.49. The third-order valence-electron chi connectivity index (χ3n) is 2.35. The number of hydrogen-bond donors (Lipinski definition) is 2. The zero-order valence-corrected chi connectivity index (χ0v) is 12.5. The lowest BCUT2D eigenvalue weighted by Crippen LogP contribution is -2.09. The van der Waals surface area contributed by atoms with Gasteiger partial charge in [0.1, 0.15) is 0 Å². The molecule has 3 aliphatic heterocycles. The van der Waals surface area contributed by atoms with Crippen molar-refractivity contribution in [3.8, 4) is 0 Å². The van der Waals surface area contributed by atoms with Crippen molar-refractivity contribution in [2.45, 2.75) is 0 Å². The molecule has 3 rings (SSSR count). The summed E-state index contributed by atoms with van der Waals surface area (Å²) in [4.78, 5) is 0. The summed E-state index contributed by atoms with van der Waals surface area (Å²) in [6, 6.07) is 0. The Kier molecular flexibility index (Phi) is 2.71. The summed E-state index contributed by atoms with van der Waals surface area (Å²) in [7, 11) is -4.85. The Morgan fingerprint density at radius 3 is 1.75 bits per heavy atom. The van der Waals surface area contributed by atoms with Crippen LogP contribution in [0.1, 0.15) is 0 Å². The quantitative estimate of drug-likeness (QED) is 0.603. The molecule has 3 aliphatic rings. The lowest BCUT2D eigenvalue weighted by atomic mass is 11.0. The second-order valence-corrected chi connectivity index (χ2v) is 13.9. The maximum absolute atomic E-state index is 6.11. The van der Waals surface area contributed by atoms with Crippen LogP contribution in [0.3, 0.4) is 0 Å². The van der Waals surface area contributed by atoms with Crippen LogP contribution in [0.25, 0.3) is 0 Å². The topological polar surface area (TPSA) is 95.1 Å². The van der Waals surface area contributed by atoms with Crippen LogP contribution in [0.4, 0.5) is 0 Å². The van der Waals surface area contributed by atoms with E-state index in [1.54, 1.807) is 0 Å². The van der Waals surface area contributed by atoms with Crippen molar-refractivity contribution >= 4 is 43.4 Å². The minimum Gasteiger partial charge on any atom is -0.267 e. The van der Waals surface area contributed by atoms with Crippen molar-refractivity contribution in [2.24, 2.45) is 24.6 Å². The number of nitrogens with zero attached hydrogens (tertiary/aromatic N) is 5. The molecular formula is C4H12Cl2N7P3. The molecule has 92 valence electrons. The predicted molar refractivity (Wildman–Crippen MR) is 71.3 cm³/mol. The van der Waals surface area contributed by atoms with E-state index in [1.807, 2.05) is 0 Å². The van der Waals surface area contributed by atoms with E-state index in [0.717, 1.165) is 26.2 Å². The average molecular weight is 322 g/mol. The van der Waals surface area contributed by atoms with E-state index in [9.17, 15) is 0 Å². The largest absolute Gasteiger partial charge is 0.267 e. The average Bonchev–Trinajstić information content (AvgIpc) is 2.94. The molecule has 0 bridgehead atoms. The van der Waals surface area contributed by atoms with Crippen LogP contribution in [0.15, 0.2) is 13.5 Å². The Hall–Kier alpha value is 1.11. The van der Waals surface area contributed by atoms with Crippen molar-refractivity contribution < 1.29 is 0 Å². The van der Waals surface area contributed by atoms with Crippen LogP contribution >= 0.6 is 43.4 Å². The molecule has 0 aromatic carbocycles. The van der Waals surface area contributed by atoms with Gasteiger partial charge in [-0.15, -0.1) is 0 Å². The normalized spacial score (nSPS) is 34.5. The Morgan fingerprint density at radius 1 is 0.875 bits per heavy atom. The summed E-state index contributed by atoms with van der Waals surface area (Å²) in [5.74, 6) is -2.74. The van der Waals surface area contributed by atoms with Crippen molar-refractivity contribution in [1.82, 2.24) is 9.34 Å².